The Kier molecular flexibility index (Phi) is 8.47. The molecule has 6 nitrogen and oxygen atoms in total. The SMILES string of the molecule is CCOc1ccc(NC(=O)c2ccc(NC(=O)CN(C)C3CCCCCC3)cc2)cc1. The summed E-state index contributed by atoms with van der Waals surface area (Å²) in [6.45, 7) is 2.91. The molecule has 31 heavy (non-hydrogen) atoms. The molecule has 2 aromatic rings. The fourth-order valence-electron chi connectivity index (χ4n) is 3.96. The van der Waals surface area contributed by atoms with Crippen LogP contribution < -0.4 is 15.4 Å². The van der Waals surface area contributed by atoms with E-state index in [4.69, 9.17) is 4.74 Å². The predicted octanol–water partition coefficient (Wildman–Crippen LogP) is 4.93. The van der Waals surface area contributed by atoms with Crippen molar-refractivity contribution in [2.24, 2.45) is 0 Å². The standard InChI is InChI=1S/C25H33N3O3/c1-3-31-23-16-14-21(15-17-23)27-25(30)19-10-12-20(13-11-19)26-24(29)18-28(2)22-8-6-4-5-7-9-22/h10-17,22H,3-9,18H2,1-2H3,(H,26,29)(H,27,30). The van der Waals surface area contributed by atoms with Gasteiger partial charge in [0.25, 0.3) is 5.91 Å². The lowest BCUT2D eigenvalue weighted by atomic mass is 10.1. The lowest BCUT2D eigenvalue weighted by Gasteiger charge is -2.26. The second-order valence-electron chi connectivity index (χ2n) is 8.10. The van der Waals surface area contributed by atoms with Gasteiger partial charge in [-0.25, -0.2) is 0 Å². The predicted molar refractivity (Wildman–Crippen MR) is 125 cm³/mol. The number of nitrogens with zero attached hydrogens (tertiary/aromatic N) is 1. The van der Waals surface area contributed by atoms with E-state index in [9.17, 15) is 9.59 Å². The smallest absolute Gasteiger partial charge is 0.255 e. The summed E-state index contributed by atoms with van der Waals surface area (Å²) in [6, 6.07) is 14.7. The topological polar surface area (TPSA) is 70.7 Å². The molecule has 6 heteroatoms. The van der Waals surface area contributed by atoms with Gasteiger partial charge in [-0.15, -0.1) is 0 Å². The molecular weight excluding hydrogens is 390 g/mol. The number of amides is 2. The first-order valence-electron chi connectivity index (χ1n) is 11.2. The van der Waals surface area contributed by atoms with E-state index in [0.29, 0.717) is 36.1 Å². The Morgan fingerprint density at radius 3 is 2.10 bits per heavy atom. The number of hydrogen-bond donors (Lipinski definition) is 2. The van der Waals surface area contributed by atoms with Crippen LogP contribution in [0.3, 0.4) is 0 Å². The summed E-state index contributed by atoms with van der Waals surface area (Å²) in [5, 5.41) is 5.80. The number of anilines is 2. The summed E-state index contributed by atoms with van der Waals surface area (Å²) in [5.41, 5.74) is 1.92. The molecule has 0 bridgehead atoms. The Balaban J connectivity index is 1.49. The zero-order valence-corrected chi connectivity index (χ0v) is 18.5. The lowest BCUT2D eigenvalue weighted by molar-refractivity contribution is -0.117. The molecular formula is C25H33N3O3. The molecule has 0 saturated heterocycles. The van der Waals surface area contributed by atoms with Gasteiger partial charge in [-0.05, 0) is 75.3 Å². The summed E-state index contributed by atoms with van der Waals surface area (Å²) in [5.74, 6) is 0.541. The summed E-state index contributed by atoms with van der Waals surface area (Å²) in [6.07, 6.45) is 7.43. The summed E-state index contributed by atoms with van der Waals surface area (Å²) >= 11 is 0. The van der Waals surface area contributed by atoms with Crippen LogP contribution in [-0.2, 0) is 4.79 Å². The molecule has 0 radical (unpaired) electrons. The maximum atomic E-state index is 12.5. The van der Waals surface area contributed by atoms with Crippen molar-refractivity contribution in [1.29, 1.82) is 0 Å². The van der Waals surface area contributed by atoms with Crippen molar-refractivity contribution in [3.8, 4) is 5.75 Å². The van der Waals surface area contributed by atoms with E-state index in [2.05, 4.69) is 15.5 Å². The van der Waals surface area contributed by atoms with Crippen LogP contribution in [0, 0.1) is 0 Å². The number of benzene rings is 2. The van der Waals surface area contributed by atoms with Crippen molar-refractivity contribution in [3.05, 3.63) is 54.1 Å². The van der Waals surface area contributed by atoms with E-state index < -0.39 is 0 Å². The van der Waals surface area contributed by atoms with Gasteiger partial charge in [0.15, 0.2) is 0 Å². The monoisotopic (exact) mass is 423 g/mol. The molecule has 166 valence electrons. The Labute approximate surface area is 185 Å². The van der Waals surface area contributed by atoms with Crippen LogP contribution in [0.15, 0.2) is 48.5 Å². The first-order valence-corrected chi connectivity index (χ1v) is 11.2. The molecule has 3 rings (SSSR count). The zero-order chi connectivity index (χ0) is 22.1. The first kappa shape index (κ1) is 22.8. The van der Waals surface area contributed by atoms with E-state index in [0.717, 1.165) is 5.75 Å². The molecule has 1 fully saturated rings. The van der Waals surface area contributed by atoms with Crippen molar-refractivity contribution in [3.63, 3.8) is 0 Å². The summed E-state index contributed by atoms with van der Waals surface area (Å²) < 4.78 is 5.41. The van der Waals surface area contributed by atoms with Gasteiger partial charge >= 0.3 is 0 Å². The Hall–Kier alpha value is -2.86. The second-order valence-corrected chi connectivity index (χ2v) is 8.10. The second kappa shape index (κ2) is 11.5. The summed E-state index contributed by atoms with van der Waals surface area (Å²) in [7, 11) is 2.03. The highest BCUT2D eigenvalue weighted by Crippen LogP contribution is 2.21. The fraction of sp³-hybridized carbons (Fsp3) is 0.440. The fourth-order valence-corrected chi connectivity index (χ4v) is 3.96. The number of ether oxygens (including phenoxy) is 1. The molecule has 0 aromatic heterocycles. The molecule has 2 N–H and O–H groups in total. The maximum Gasteiger partial charge on any atom is 0.255 e. The van der Waals surface area contributed by atoms with Crippen molar-refractivity contribution in [1.82, 2.24) is 4.90 Å². The van der Waals surface area contributed by atoms with Crippen LogP contribution in [0.5, 0.6) is 5.75 Å². The highest BCUT2D eigenvalue weighted by Gasteiger charge is 2.19. The molecule has 0 atom stereocenters. The largest absolute Gasteiger partial charge is 0.494 e. The average Bonchev–Trinajstić information content (AvgIpc) is 3.05. The van der Waals surface area contributed by atoms with Crippen molar-refractivity contribution >= 4 is 23.2 Å². The van der Waals surface area contributed by atoms with Crippen LogP contribution in [0.4, 0.5) is 11.4 Å². The quantitative estimate of drug-likeness (QED) is 0.591. The Morgan fingerprint density at radius 1 is 0.903 bits per heavy atom. The van der Waals surface area contributed by atoms with Crippen molar-refractivity contribution < 1.29 is 14.3 Å². The molecule has 0 spiro atoms. The molecule has 1 aliphatic rings. The number of carbonyl (C=O) groups excluding carboxylic acids is 2. The van der Waals surface area contributed by atoms with Crippen molar-refractivity contribution in [2.45, 2.75) is 51.5 Å². The molecule has 1 aliphatic carbocycles. The molecule has 2 aromatic carbocycles. The van der Waals surface area contributed by atoms with E-state index in [1.165, 1.54) is 38.5 Å². The van der Waals surface area contributed by atoms with Gasteiger partial charge in [0.1, 0.15) is 5.75 Å². The van der Waals surface area contributed by atoms with E-state index in [1.807, 2.05) is 38.2 Å². The Morgan fingerprint density at radius 2 is 1.48 bits per heavy atom. The van der Waals surface area contributed by atoms with Gasteiger partial charge in [-0.2, -0.15) is 0 Å². The molecule has 0 heterocycles. The minimum atomic E-state index is -0.199. The summed E-state index contributed by atoms with van der Waals surface area (Å²) in [4.78, 5) is 27.1. The third-order valence-electron chi connectivity index (χ3n) is 5.70. The highest BCUT2D eigenvalue weighted by molar-refractivity contribution is 6.04. The van der Waals surface area contributed by atoms with Crippen LogP contribution in [0.2, 0.25) is 0 Å². The number of hydrogen-bond acceptors (Lipinski definition) is 4. The number of rotatable bonds is 8. The molecule has 2 amide bonds. The van der Waals surface area contributed by atoms with E-state index in [-0.39, 0.29) is 11.8 Å². The molecule has 1 saturated carbocycles. The Bertz CT molecular complexity index is 841. The lowest BCUT2D eigenvalue weighted by Crippen LogP contribution is -2.37. The number of nitrogens with one attached hydrogen (secondary N) is 2. The molecule has 0 aliphatic heterocycles. The average molecular weight is 424 g/mol. The highest BCUT2D eigenvalue weighted by atomic mass is 16.5. The van der Waals surface area contributed by atoms with Gasteiger partial charge in [-0.1, -0.05) is 25.7 Å². The van der Waals surface area contributed by atoms with Crippen LogP contribution in [0.25, 0.3) is 0 Å². The molecule has 0 unspecified atom stereocenters. The zero-order valence-electron chi connectivity index (χ0n) is 18.5. The minimum absolute atomic E-state index is 0.0293. The third kappa shape index (κ3) is 7.10. The minimum Gasteiger partial charge on any atom is -0.494 e. The van der Waals surface area contributed by atoms with Gasteiger partial charge in [0.2, 0.25) is 5.91 Å². The van der Waals surface area contributed by atoms with Gasteiger partial charge < -0.3 is 15.4 Å². The van der Waals surface area contributed by atoms with Crippen LogP contribution in [-0.4, -0.2) is 43.0 Å². The normalized spacial score (nSPS) is 14.7. The number of likely N-dealkylation sites (N-methyl/N-ethyl adjacent to an activating group) is 1. The van der Waals surface area contributed by atoms with Gasteiger partial charge in [0.05, 0.1) is 13.2 Å². The third-order valence-corrected chi connectivity index (χ3v) is 5.70. The van der Waals surface area contributed by atoms with Crippen LogP contribution >= 0.6 is 0 Å². The van der Waals surface area contributed by atoms with E-state index in [1.54, 1.807) is 24.3 Å². The van der Waals surface area contributed by atoms with Crippen LogP contribution in [0.1, 0.15) is 55.8 Å². The van der Waals surface area contributed by atoms with Gasteiger partial charge in [-0.3, -0.25) is 14.5 Å². The van der Waals surface area contributed by atoms with Crippen molar-refractivity contribution in [2.75, 3.05) is 30.8 Å². The van der Waals surface area contributed by atoms with Gasteiger partial charge in [0, 0.05) is 23.0 Å². The first-order chi connectivity index (χ1) is 15.0. The van der Waals surface area contributed by atoms with E-state index >= 15 is 0 Å². The maximum absolute atomic E-state index is 12.5. The number of carbonyl (C=O) groups is 2.